The number of likely N-dealkylation sites (tertiary alicyclic amines) is 1. The van der Waals surface area contributed by atoms with E-state index >= 15 is 0 Å². The maximum Gasteiger partial charge on any atom is 0.161 e. The summed E-state index contributed by atoms with van der Waals surface area (Å²) in [6, 6.07) is 6.35. The second-order valence-corrected chi connectivity index (χ2v) is 5.96. The molecule has 2 aliphatic rings. The fraction of sp³-hybridized carbons (Fsp3) is 0.562. The fourth-order valence-corrected chi connectivity index (χ4v) is 3.48. The lowest BCUT2D eigenvalue weighted by Crippen LogP contribution is -2.35. The number of rotatable bonds is 3. The molecule has 1 atom stereocenters. The zero-order chi connectivity index (χ0) is 14.1. The molecule has 2 aliphatic heterocycles. The Morgan fingerprint density at radius 2 is 2.00 bits per heavy atom. The normalized spacial score (nSPS) is 23.4. The van der Waals surface area contributed by atoms with Crippen LogP contribution >= 0.6 is 0 Å². The third kappa shape index (κ3) is 2.52. The molecule has 2 heterocycles. The van der Waals surface area contributed by atoms with Crippen molar-refractivity contribution in [3.05, 3.63) is 23.8 Å². The summed E-state index contributed by atoms with van der Waals surface area (Å²) in [6.45, 7) is 6.15. The van der Waals surface area contributed by atoms with Gasteiger partial charge >= 0.3 is 0 Å². The van der Waals surface area contributed by atoms with Crippen molar-refractivity contribution < 1.29 is 4.79 Å². The van der Waals surface area contributed by atoms with Crippen molar-refractivity contribution in [3.8, 4) is 0 Å². The summed E-state index contributed by atoms with van der Waals surface area (Å²) in [7, 11) is 0. The van der Waals surface area contributed by atoms with Crippen LogP contribution in [0.25, 0.3) is 0 Å². The predicted molar refractivity (Wildman–Crippen MR) is 82.3 cm³/mol. The molecule has 0 bridgehead atoms. The third-order valence-electron chi connectivity index (χ3n) is 4.56. The number of nitrogens with zero attached hydrogens (tertiary/aromatic N) is 2. The maximum atomic E-state index is 11.8. The number of hydrogen-bond acceptors (Lipinski definition) is 4. The van der Waals surface area contributed by atoms with Gasteiger partial charge in [0.2, 0.25) is 0 Å². The van der Waals surface area contributed by atoms with Crippen molar-refractivity contribution in [2.45, 2.75) is 32.2 Å². The molecule has 3 rings (SSSR count). The standard InChI is InChI=1S/C16H23N3O/c1-12(20)15-10-13(17)4-5-16(15)19-9-6-14(11-19)18-7-2-3-8-18/h4-5,10,14H,2-3,6-9,11,17H2,1H3/t14-/m1/s1. The highest BCUT2D eigenvalue weighted by Gasteiger charge is 2.30. The van der Waals surface area contributed by atoms with E-state index in [1.165, 1.54) is 32.4 Å². The van der Waals surface area contributed by atoms with Crippen LogP contribution in [0.3, 0.4) is 0 Å². The number of nitrogen functional groups attached to an aromatic ring is 1. The van der Waals surface area contributed by atoms with Gasteiger partial charge in [-0.1, -0.05) is 0 Å². The fourth-order valence-electron chi connectivity index (χ4n) is 3.48. The van der Waals surface area contributed by atoms with Crippen LogP contribution in [-0.4, -0.2) is 42.9 Å². The van der Waals surface area contributed by atoms with Crippen molar-refractivity contribution in [1.29, 1.82) is 0 Å². The zero-order valence-corrected chi connectivity index (χ0v) is 12.1. The van der Waals surface area contributed by atoms with E-state index in [-0.39, 0.29) is 5.78 Å². The SMILES string of the molecule is CC(=O)c1cc(N)ccc1N1CC[C@@H](N2CCCC2)C1. The molecule has 0 unspecified atom stereocenters. The van der Waals surface area contributed by atoms with Gasteiger partial charge in [0, 0.05) is 36.1 Å². The molecule has 0 radical (unpaired) electrons. The van der Waals surface area contributed by atoms with E-state index in [0.717, 1.165) is 24.3 Å². The van der Waals surface area contributed by atoms with Crippen LogP contribution < -0.4 is 10.6 Å². The largest absolute Gasteiger partial charge is 0.399 e. The predicted octanol–water partition coefficient (Wildman–Crippen LogP) is 2.15. The van der Waals surface area contributed by atoms with E-state index in [4.69, 9.17) is 5.73 Å². The molecule has 4 heteroatoms. The van der Waals surface area contributed by atoms with Gasteiger partial charge in [-0.25, -0.2) is 0 Å². The van der Waals surface area contributed by atoms with Crippen LogP contribution in [0.5, 0.6) is 0 Å². The van der Waals surface area contributed by atoms with Gasteiger partial charge in [0.15, 0.2) is 5.78 Å². The van der Waals surface area contributed by atoms with Crippen molar-refractivity contribution in [2.24, 2.45) is 0 Å². The van der Waals surface area contributed by atoms with Gasteiger partial charge in [0.25, 0.3) is 0 Å². The Labute approximate surface area is 120 Å². The minimum absolute atomic E-state index is 0.0944. The Bertz CT molecular complexity index is 508. The highest BCUT2D eigenvalue weighted by Crippen LogP contribution is 2.29. The smallest absolute Gasteiger partial charge is 0.161 e. The molecule has 0 spiro atoms. The molecule has 4 nitrogen and oxygen atoms in total. The minimum atomic E-state index is 0.0944. The Balaban J connectivity index is 1.78. The first kappa shape index (κ1) is 13.4. The Kier molecular flexibility index (Phi) is 3.66. The second kappa shape index (κ2) is 5.44. The van der Waals surface area contributed by atoms with Crippen molar-refractivity contribution in [3.63, 3.8) is 0 Å². The molecular weight excluding hydrogens is 250 g/mol. The van der Waals surface area contributed by atoms with Crippen LogP contribution in [0, 0.1) is 0 Å². The maximum absolute atomic E-state index is 11.8. The Morgan fingerprint density at radius 1 is 1.25 bits per heavy atom. The lowest BCUT2D eigenvalue weighted by Gasteiger charge is -2.25. The van der Waals surface area contributed by atoms with E-state index in [2.05, 4.69) is 9.80 Å². The van der Waals surface area contributed by atoms with Crippen LogP contribution in [0.15, 0.2) is 18.2 Å². The number of hydrogen-bond donors (Lipinski definition) is 1. The quantitative estimate of drug-likeness (QED) is 0.677. The van der Waals surface area contributed by atoms with Gasteiger partial charge in [-0.15, -0.1) is 0 Å². The van der Waals surface area contributed by atoms with Gasteiger partial charge in [-0.3, -0.25) is 9.69 Å². The number of carbonyl (C=O) groups excluding carboxylic acids is 1. The van der Waals surface area contributed by atoms with Gasteiger partial charge < -0.3 is 10.6 Å². The highest BCUT2D eigenvalue weighted by molar-refractivity contribution is 6.00. The first-order chi connectivity index (χ1) is 9.65. The van der Waals surface area contributed by atoms with Crippen molar-refractivity contribution in [1.82, 2.24) is 4.90 Å². The average Bonchev–Trinajstić information content (AvgIpc) is 3.09. The molecule has 20 heavy (non-hydrogen) atoms. The van der Waals surface area contributed by atoms with Gasteiger partial charge in [-0.05, 0) is 57.5 Å². The van der Waals surface area contributed by atoms with Crippen LogP contribution in [0.2, 0.25) is 0 Å². The van der Waals surface area contributed by atoms with E-state index in [9.17, 15) is 4.79 Å². The molecule has 2 fully saturated rings. The molecule has 0 saturated carbocycles. The number of nitrogens with two attached hydrogens (primary N) is 1. The number of anilines is 2. The van der Waals surface area contributed by atoms with Gasteiger partial charge in [0.05, 0.1) is 0 Å². The highest BCUT2D eigenvalue weighted by atomic mass is 16.1. The summed E-state index contributed by atoms with van der Waals surface area (Å²) in [5.74, 6) is 0.0944. The van der Waals surface area contributed by atoms with Crippen molar-refractivity contribution in [2.75, 3.05) is 36.8 Å². The first-order valence-electron chi connectivity index (χ1n) is 7.54. The topological polar surface area (TPSA) is 49.6 Å². The van der Waals surface area contributed by atoms with Crippen LogP contribution in [-0.2, 0) is 0 Å². The van der Waals surface area contributed by atoms with Crippen LogP contribution in [0.4, 0.5) is 11.4 Å². The number of carbonyl (C=O) groups is 1. The van der Waals surface area contributed by atoms with E-state index in [1.807, 2.05) is 12.1 Å². The first-order valence-corrected chi connectivity index (χ1v) is 7.54. The lowest BCUT2D eigenvalue weighted by atomic mass is 10.1. The van der Waals surface area contributed by atoms with E-state index < -0.39 is 0 Å². The molecule has 0 amide bonds. The van der Waals surface area contributed by atoms with E-state index in [1.54, 1.807) is 13.0 Å². The number of ketones is 1. The molecular formula is C16H23N3O. The lowest BCUT2D eigenvalue weighted by molar-refractivity contribution is 0.101. The Hall–Kier alpha value is -1.55. The average molecular weight is 273 g/mol. The summed E-state index contributed by atoms with van der Waals surface area (Å²) in [4.78, 5) is 16.8. The summed E-state index contributed by atoms with van der Waals surface area (Å²) >= 11 is 0. The summed E-state index contributed by atoms with van der Waals surface area (Å²) in [5, 5.41) is 0. The van der Waals surface area contributed by atoms with E-state index in [0.29, 0.717) is 11.7 Å². The monoisotopic (exact) mass is 273 g/mol. The molecule has 0 aromatic heterocycles. The molecule has 2 N–H and O–H groups in total. The van der Waals surface area contributed by atoms with Crippen molar-refractivity contribution >= 4 is 17.2 Å². The van der Waals surface area contributed by atoms with Gasteiger partial charge in [0.1, 0.15) is 0 Å². The minimum Gasteiger partial charge on any atom is -0.399 e. The molecule has 0 aliphatic carbocycles. The Morgan fingerprint density at radius 3 is 2.70 bits per heavy atom. The van der Waals surface area contributed by atoms with Gasteiger partial charge in [-0.2, -0.15) is 0 Å². The van der Waals surface area contributed by atoms with Crippen LogP contribution in [0.1, 0.15) is 36.5 Å². The summed E-state index contributed by atoms with van der Waals surface area (Å²) < 4.78 is 0. The summed E-state index contributed by atoms with van der Waals surface area (Å²) in [6.07, 6.45) is 3.86. The third-order valence-corrected chi connectivity index (χ3v) is 4.56. The zero-order valence-electron chi connectivity index (χ0n) is 12.1. The number of benzene rings is 1. The molecule has 108 valence electrons. The molecule has 2 saturated heterocycles. The molecule has 1 aromatic carbocycles. The number of Topliss-reactive ketones (excluding diaryl/α,β-unsaturated/α-hetero) is 1. The molecule has 1 aromatic rings. The second-order valence-electron chi connectivity index (χ2n) is 5.96. The summed E-state index contributed by atoms with van der Waals surface area (Å²) in [5.41, 5.74) is 8.28.